The Bertz CT molecular complexity index is 1040. The van der Waals surface area contributed by atoms with Crippen LogP contribution in [-0.2, 0) is 0 Å². The number of hydrogen-bond donors (Lipinski definition) is 2. The summed E-state index contributed by atoms with van der Waals surface area (Å²) in [5.41, 5.74) is 4.00. The lowest BCUT2D eigenvalue weighted by Crippen LogP contribution is -2.31. The molecule has 2 heterocycles. The maximum Gasteiger partial charge on any atom is 0.165 e. The Morgan fingerprint density at radius 2 is 1.77 bits per heavy atom. The standard InChI is InChI=1S/C22H27Cl2N5O/c1-13-10-19(26-9-8-25-15-6-4-5-7-15)29-22(27-13)20(14(2)28-29)21-17(23)11-16(30-3)12-18(21)24/h10-12,15,25-26H,4-9H2,1-3H3. The summed E-state index contributed by atoms with van der Waals surface area (Å²) in [5.74, 6) is 1.52. The number of rotatable bonds is 7. The zero-order valence-corrected chi connectivity index (χ0v) is 19.1. The van der Waals surface area contributed by atoms with Crippen molar-refractivity contribution in [3.63, 3.8) is 0 Å². The largest absolute Gasteiger partial charge is 0.497 e. The number of nitrogens with zero attached hydrogens (tertiary/aromatic N) is 3. The van der Waals surface area contributed by atoms with Crippen molar-refractivity contribution < 1.29 is 4.74 Å². The van der Waals surface area contributed by atoms with Crippen LogP contribution in [0.3, 0.4) is 0 Å². The number of fused-ring (bicyclic) bond motifs is 1. The number of ether oxygens (including phenoxy) is 1. The van der Waals surface area contributed by atoms with E-state index in [-0.39, 0.29) is 0 Å². The molecule has 30 heavy (non-hydrogen) atoms. The van der Waals surface area contributed by atoms with Crippen LogP contribution in [0.15, 0.2) is 18.2 Å². The molecule has 1 saturated carbocycles. The molecule has 0 bridgehead atoms. The van der Waals surface area contributed by atoms with Gasteiger partial charge in [-0.15, -0.1) is 0 Å². The molecule has 4 rings (SSSR count). The number of halogens is 2. The molecule has 0 saturated heterocycles. The molecule has 6 nitrogen and oxygen atoms in total. The molecular weight excluding hydrogens is 421 g/mol. The minimum absolute atomic E-state index is 0.510. The third kappa shape index (κ3) is 4.22. The van der Waals surface area contributed by atoms with Gasteiger partial charge in [0.15, 0.2) is 5.65 Å². The molecule has 0 aliphatic heterocycles. The van der Waals surface area contributed by atoms with Crippen molar-refractivity contribution >= 4 is 34.7 Å². The van der Waals surface area contributed by atoms with Gasteiger partial charge in [-0.2, -0.15) is 9.61 Å². The average molecular weight is 448 g/mol. The van der Waals surface area contributed by atoms with Crippen molar-refractivity contribution in [1.29, 1.82) is 0 Å². The average Bonchev–Trinajstić information content (AvgIpc) is 3.33. The molecule has 0 spiro atoms. The van der Waals surface area contributed by atoms with Gasteiger partial charge in [-0.05, 0) is 38.8 Å². The summed E-state index contributed by atoms with van der Waals surface area (Å²) in [6, 6.07) is 6.18. The van der Waals surface area contributed by atoms with Crippen molar-refractivity contribution in [2.24, 2.45) is 0 Å². The van der Waals surface area contributed by atoms with E-state index in [0.29, 0.717) is 21.8 Å². The highest BCUT2D eigenvalue weighted by Gasteiger charge is 2.21. The predicted octanol–water partition coefficient (Wildman–Crippen LogP) is 5.27. The lowest BCUT2D eigenvalue weighted by Gasteiger charge is -2.14. The quantitative estimate of drug-likeness (QED) is 0.482. The minimum Gasteiger partial charge on any atom is -0.497 e. The van der Waals surface area contributed by atoms with Crippen LogP contribution in [0.25, 0.3) is 16.8 Å². The number of hydrogen-bond acceptors (Lipinski definition) is 5. The first kappa shape index (κ1) is 21.2. The molecule has 1 fully saturated rings. The Morgan fingerprint density at radius 3 is 2.43 bits per heavy atom. The molecule has 1 aromatic carbocycles. The fourth-order valence-corrected chi connectivity index (χ4v) is 4.82. The van der Waals surface area contributed by atoms with Crippen LogP contribution in [0.4, 0.5) is 5.82 Å². The summed E-state index contributed by atoms with van der Waals surface area (Å²) in [5, 5.41) is 12.9. The van der Waals surface area contributed by atoms with Crippen LogP contribution in [0.2, 0.25) is 10.0 Å². The number of aryl methyl sites for hydroxylation is 2. The fraction of sp³-hybridized carbons (Fsp3) is 0.455. The van der Waals surface area contributed by atoms with Crippen molar-refractivity contribution in [2.45, 2.75) is 45.6 Å². The van der Waals surface area contributed by atoms with Crippen LogP contribution >= 0.6 is 23.2 Å². The highest BCUT2D eigenvalue weighted by molar-refractivity contribution is 6.39. The van der Waals surface area contributed by atoms with E-state index >= 15 is 0 Å². The van der Waals surface area contributed by atoms with E-state index in [1.165, 1.54) is 25.7 Å². The molecule has 0 unspecified atom stereocenters. The molecule has 2 N–H and O–H groups in total. The monoisotopic (exact) mass is 447 g/mol. The summed E-state index contributed by atoms with van der Waals surface area (Å²) in [6.07, 6.45) is 5.23. The maximum atomic E-state index is 6.57. The smallest absolute Gasteiger partial charge is 0.165 e. The molecular formula is C22H27Cl2N5O. The lowest BCUT2D eigenvalue weighted by atomic mass is 10.1. The van der Waals surface area contributed by atoms with Gasteiger partial charge in [0.1, 0.15) is 11.6 Å². The molecule has 0 atom stereocenters. The van der Waals surface area contributed by atoms with Crippen molar-refractivity contribution in [1.82, 2.24) is 19.9 Å². The van der Waals surface area contributed by atoms with Gasteiger partial charge in [-0.3, -0.25) is 0 Å². The van der Waals surface area contributed by atoms with E-state index in [1.54, 1.807) is 19.2 Å². The van der Waals surface area contributed by atoms with E-state index < -0.39 is 0 Å². The second-order valence-electron chi connectivity index (χ2n) is 7.81. The summed E-state index contributed by atoms with van der Waals surface area (Å²) in [7, 11) is 1.59. The Hall–Kier alpha value is -2.02. The highest BCUT2D eigenvalue weighted by Crippen LogP contribution is 2.41. The second kappa shape index (κ2) is 9.00. The third-order valence-corrected chi connectivity index (χ3v) is 6.21. The van der Waals surface area contributed by atoms with E-state index in [2.05, 4.69) is 10.6 Å². The van der Waals surface area contributed by atoms with E-state index in [9.17, 15) is 0 Å². The molecule has 8 heteroatoms. The van der Waals surface area contributed by atoms with Crippen molar-refractivity contribution in [3.8, 4) is 16.9 Å². The molecule has 160 valence electrons. The van der Waals surface area contributed by atoms with Gasteiger partial charge >= 0.3 is 0 Å². The van der Waals surface area contributed by atoms with Gasteiger partial charge in [0.2, 0.25) is 0 Å². The van der Waals surface area contributed by atoms with E-state index in [1.807, 2.05) is 24.4 Å². The minimum atomic E-state index is 0.510. The first-order valence-corrected chi connectivity index (χ1v) is 11.1. The number of nitrogens with one attached hydrogen (secondary N) is 2. The van der Waals surface area contributed by atoms with Crippen LogP contribution in [0.5, 0.6) is 5.75 Å². The Balaban J connectivity index is 1.65. The van der Waals surface area contributed by atoms with Gasteiger partial charge in [-0.25, -0.2) is 4.98 Å². The van der Waals surface area contributed by atoms with Crippen LogP contribution < -0.4 is 15.4 Å². The highest BCUT2D eigenvalue weighted by atomic mass is 35.5. The normalized spacial score (nSPS) is 14.6. The van der Waals surface area contributed by atoms with Crippen LogP contribution in [-0.4, -0.2) is 40.8 Å². The number of aromatic nitrogens is 3. The summed E-state index contributed by atoms with van der Waals surface area (Å²) >= 11 is 13.1. The molecule has 3 aromatic rings. The van der Waals surface area contributed by atoms with Crippen molar-refractivity contribution in [2.75, 3.05) is 25.5 Å². The number of anilines is 1. The van der Waals surface area contributed by atoms with Gasteiger partial charge in [0.05, 0.1) is 28.4 Å². The van der Waals surface area contributed by atoms with Gasteiger partial charge < -0.3 is 15.4 Å². The fourth-order valence-electron chi connectivity index (χ4n) is 4.17. The zero-order chi connectivity index (χ0) is 21.3. The summed E-state index contributed by atoms with van der Waals surface area (Å²) in [6.45, 7) is 5.65. The van der Waals surface area contributed by atoms with E-state index in [0.717, 1.165) is 47.1 Å². The molecule has 0 amide bonds. The van der Waals surface area contributed by atoms with Gasteiger partial charge in [0, 0.05) is 36.5 Å². The van der Waals surface area contributed by atoms with E-state index in [4.69, 9.17) is 38.0 Å². The maximum absolute atomic E-state index is 6.57. The Labute approximate surface area is 186 Å². The SMILES string of the molecule is COc1cc(Cl)c(-c2c(C)nn3c(NCCNC4CCCC4)cc(C)nc23)c(Cl)c1. The summed E-state index contributed by atoms with van der Waals surface area (Å²) in [4.78, 5) is 4.75. The topological polar surface area (TPSA) is 63.5 Å². The first-order valence-electron chi connectivity index (χ1n) is 10.4. The van der Waals surface area contributed by atoms with Gasteiger partial charge in [0.25, 0.3) is 0 Å². The number of benzene rings is 1. The Kier molecular flexibility index (Phi) is 6.37. The molecule has 2 aromatic heterocycles. The first-order chi connectivity index (χ1) is 14.5. The van der Waals surface area contributed by atoms with Gasteiger partial charge in [-0.1, -0.05) is 36.0 Å². The molecule has 0 radical (unpaired) electrons. The number of methoxy groups -OCH3 is 1. The van der Waals surface area contributed by atoms with Crippen LogP contribution in [0, 0.1) is 13.8 Å². The lowest BCUT2D eigenvalue weighted by molar-refractivity contribution is 0.415. The zero-order valence-electron chi connectivity index (χ0n) is 17.6. The Morgan fingerprint density at radius 1 is 1.07 bits per heavy atom. The second-order valence-corrected chi connectivity index (χ2v) is 8.62. The molecule has 1 aliphatic rings. The molecule has 1 aliphatic carbocycles. The van der Waals surface area contributed by atoms with Crippen LogP contribution in [0.1, 0.15) is 37.1 Å². The summed E-state index contributed by atoms with van der Waals surface area (Å²) < 4.78 is 7.11. The van der Waals surface area contributed by atoms with Crippen molar-refractivity contribution in [3.05, 3.63) is 39.6 Å². The predicted molar refractivity (Wildman–Crippen MR) is 123 cm³/mol. The third-order valence-electron chi connectivity index (χ3n) is 5.61.